The van der Waals surface area contributed by atoms with Gasteiger partial charge in [0.25, 0.3) is 0 Å². The van der Waals surface area contributed by atoms with Gasteiger partial charge in [0.05, 0.1) is 37.6 Å². The molecule has 1 aliphatic heterocycles. The highest BCUT2D eigenvalue weighted by molar-refractivity contribution is 5.73. The quantitative estimate of drug-likeness (QED) is 0.451. The summed E-state index contributed by atoms with van der Waals surface area (Å²) in [5.41, 5.74) is 1.06. The molecule has 0 spiro atoms. The molecule has 0 amide bonds. The van der Waals surface area contributed by atoms with Gasteiger partial charge >= 0.3 is 24.3 Å². The average molecular weight is 568 g/mol. The molecule has 0 aliphatic carbocycles. The highest BCUT2D eigenvalue weighted by atomic mass is 19.4. The minimum absolute atomic E-state index is 0.186. The molecule has 3 aromatic rings. The lowest BCUT2D eigenvalue weighted by molar-refractivity contribution is -0.193. The number of aliphatic carboxylic acids is 2. The average Bonchev–Trinajstić information content (AvgIpc) is 3.21. The Morgan fingerprint density at radius 1 is 0.949 bits per heavy atom. The summed E-state index contributed by atoms with van der Waals surface area (Å²) in [6.07, 6.45) is -2.44. The molecule has 1 aliphatic rings. The monoisotopic (exact) mass is 568 g/mol. The molecule has 2 N–H and O–H groups in total. The minimum Gasteiger partial charge on any atom is -0.477 e. The van der Waals surface area contributed by atoms with Crippen molar-refractivity contribution in [3.63, 3.8) is 0 Å². The topological polar surface area (TPSA) is 144 Å². The van der Waals surface area contributed by atoms with E-state index in [1.807, 2.05) is 35.6 Å². The van der Waals surface area contributed by atoms with E-state index in [0.717, 1.165) is 12.2 Å². The number of aromatic nitrogens is 5. The van der Waals surface area contributed by atoms with Crippen LogP contribution >= 0.6 is 0 Å². The Kier molecular flexibility index (Phi) is 10.5. The first-order valence-corrected chi connectivity index (χ1v) is 10.5. The zero-order chi connectivity index (χ0) is 29.2. The lowest BCUT2D eigenvalue weighted by Crippen LogP contribution is -2.32. The number of imidazole rings is 1. The summed E-state index contributed by atoms with van der Waals surface area (Å²) in [5.74, 6) is -4.68. The molecule has 0 saturated heterocycles. The number of ether oxygens (including phenoxy) is 1. The Morgan fingerprint density at radius 3 is 2.05 bits per heavy atom. The summed E-state index contributed by atoms with van der Waals surface area (Å²) < 4.78 is 84.5. The summed E-state index contributed by atoms with van der Waals surface area (Å²) in [6, 6.07) is 5.58. The number of carboxylic acid groups (broad SMARTS) is 2. The molecule has 0 aromatic carbocycles. The zero-order valence-corrected chi connectivity index (χ0v) is 19.5. The van der Waals surface area contributed by atoms with Crippen molar-refractivity contribution < 1.29 is 55.3 Å². The van der Waals surface area contributed by atoms with E-state index in [2.05, 4.69) is 24.5 Å². The van der Waals surface area contributed by atoms with Gasteiger partial charge in [0.2, 0.25) is 11.8 Å². The van der Waals surface area contributed by atoms with Crippen LogP contribution in [-0.4, -0.2) is 72.2 Å². The van der Waals surface area contributed by atoms with Gasteiger partial charge in [0, 0.05) is 37.5 Å². The lowest BCUT2D eigenvalue weighted by Gasteiger charge is -2.23. The number of halogens is 7. The summed E-state index contributed by atoms with van der Waals surface area (Å²) in [5, 5.41) is 14.2. The Hall–Kier alpha value is -4.51. The minimum atomic E-state index is -5.08. The fraction of sp³-hybridized carbons (Fsp3) is 0.333. The number of nitrogens with zero attached hydrogens (tertiary/aromatic N) is 6. The molecular weight excluding hydrogens is 549 g/mol. The zero-order valence-electron chi connectivity index (χ0n) is 19.5. The van der Waals surface area contributed by atoms with Crippen LogP contribution in [-0.2, 0) is 22.7 Å². The Balaban J connectivity index is 0.000000317. The molecular formula is C21H19F7N6O5. The van der Waals surface area contributed by atoms with E-state index >= 15 is 0 Å². The predicted molar refractivity (Wildman–Crippen MR) is 116 cm³/mol. The molecule has 4 rings (SSSR count). The van der Waals surface area contributed by atoms with Crippen LogP contribution in [0.3, 0.4) is 0 Å². The van der Waals surface area contributed by atoms with Crippen LogP contribution in [0, 0.1) is 11.7 Å². The highest BCUT2D eigenvalue weighted by Gasteiger charge is 2.38. The molecule has 0 radical (unpaired) electrons. The van der Waals surface area contributed by atoms with Crippen LogP contribution in [0.15, 0.2) is 49.3 Å². The third-order valence-corrected chi connectivity index (χ3v) is 4.56. The van der Waals surface area contributed by atoms with Crippen molar-refractivity contribution in [1.82, 2.24) is 24.5 Å². The van der Waals surface area contributed by atoms with Gasteiger partial charge in [0.15, 0.2) is 5.82 Å². The molecule has 18 heteroatoms. The molecule has 1 unspecified atom stereocenters. The number of alkyl halides is 6. The van der Waals surface area contributed by atoms with E-state index in [4.69, 9.17) is 24.5 Å². The number of anilines is 1. The Labute approximate surface area is 214 Å². The van der Waals surface area contributed by atoms with Crippen molar-refractivity contribution in [3.05, 3.63) is 60.8 Å². The van der Waals surface area contributed by atoms with Crippen LogP contribution in [0.1, 0.15) is 5.69 Å². The predicted octanol–water partition coefficient (Wildman–Crippen LogP) is 3.19. The van der Waals surface area contributed by atoms with E-state index in [-0.39, 0.29) is 5.92 Å². The van der Waals surface area contributed by atoms with E-state index in [9.17, 15) is 30.7 Å². The van der Waals surface area contributed by atoms with Crippen molar-refractivity contribution in [2.75, 3.05) is 18.1 Å². The maximum atomic E-state index is 13.1. The largest absolute Gasteiger partial charge is 0.490 e. The van der Waals surface area contributed by atoms with E-state index < -0.39 is 30.1 Å². The third-order valence-electron chi connectivity index (χ3n) is 4.56. The summed E-state index contributed by atoms with van der Waals surface area (Å²) >= 11 is 0. The van der Waals surface area contributed by atoms with Gasteiger partial charge in [-0.25, -0.2) is 33.9 Å². The van der Waals surface area contributed by atoms with Crippen molar-refractivity contribution in [2.45, 2.75) is 25.4 Å². The molecule has 0 saturated carbocycles. The SMILES string of the molecule is Fc1cnc(N2Cc3cncn3CC(COc3ccccn3)C2)nc1.O=C(O)C(F)(F)F.O=C(O)C(F)(F)F. The fourth-order valence-electron chi connectivity index (χ4n) is 2.91. The molecule has 0 fully saturated rings. The number of hydrogen-bond donors (Lipinski definition) is 2. The van der Waals surface area contributed by atoms with Crippen molar-refractivity contribution >= 4 is 17.9 Å². The second-order valence-electron chi connectivity index (χ2n) is 7.57. The molecule has 0 bridgehead atoms. The first kappa shape index (κ1) is 30.7. The first-order chi connectivity index (χ1) is 18.2. The normalized spacial score (nSPS) is 14.9. The lowest BCUT2D eigenvalue weighted by atomic mass is 10.1. The Bertz CT molecular complexity index is 1180. The Morgan fingerprint density at radius 2 is 1.54 bits per heavy atom. The molecule has 212 valence electrons. The van der Waals surface area contributed by atoms with E-state index in [0.29, 0.717) is 31.5 Å². The molecule has 4 heterocycles. The summed E-state index contributed by atoms with van der Waals surface area (Å²) in [4.78, 5) is 36.4. The van der Waals surface area contributed by atoms with Crippen molar-refractivity contribution in [2.24, 2.45) is 5.92 Å². The molecule has 39 heavy (non-hydrogen) atoms. The number of carboxylic acids is 2. The van der Waals surface area contributed by atoms with E-state index in [1.165, 1.54) is 12.4 Å². The summed E-state index contributed by atoms with van der Waals surface area (Å²) in [7, 11) is 0. The number of hydrogen-bond acceptors (Lipinski definition) is 8. The number of rotatable bonds is 4. The molecule has 1 atom stereocenters. The molecule has 3 aromatic heterocycles. The standard InChI is InChI=1S/C17H17FN6O.2C2HF3O2/c18-14-5-21-17(22-6-14)23-8-13(9-24-12-19-7-15(24)10-23)11-25-16-3-1-2-4-20-16;2*3-2(4,5)1(6)7/h1-7,12-13H,8-11H2;2*(H,6,7). The summed E-state index contributed by atoms with van der Waals surface area (Å²) in [6.45, 7) is 2.60. The van der Waals surface area contributed by atoms with Gasteiger partial charge in [-0.2, -0.15) is 26.3 Å². The third kappa shape index (κ3) is 10.4. The van der Waals surface area contributed by atoms with Crippen LogP contribution < -0.4 is 9.64 Å². The van der Waals surface area contributed by atoms with Crippen molar-refractivity contribution in [1.29, 1.82) is 0 Å². The second-order valence-corrected chi connectivity index (χ2v) is 7.57. The highest BCUT2D eigenvalue weighted by Crippen LogP contribution is 2.21. The van der Waals surface area contributed by atoms with Gasteiger partial charge < -0.3 is 24.4 Å². The first-order valence-electron chi connectivity index (χ1n) is 10.5. The maximum Gasteiger partial charge on any atom is 0.490 e. The van der Waals surface area contributed by atoms with Gasteiger partial charge in [0.1, 0.15) is 0 Å². The van der Waals surface area contributed by atoms with Crippen LogP contribution in [0.5, 0.6) is 5.88 Å². The second kappa shape index (κ2) is 13.3. The van der Waals surface area contributed by atoms with Gasteiger partial charge in [-0.05, 0) is 6.07 Å². The van der Waals surface area contributed by atoms with E-state index in [1.54, 1.807) is 6.20 Å². The van der Waals surface area contributed by atoms with Crippen LogP contribution in [0.2, 0.25) is 0 Å². The van der Waals surface area contributed by atoms with Crippen LogP contribution in [0.25, 0.3) is 0 Å². The van der Waals surface area contributed by atoms with Gasteiger partial charge in [-0.3, -0.25) is 0 Å². The molecule has 11 nitrogen and oxygen atoms in total. The van der Waals surface area contributed by atoms with Crippen LogP contribution in [0.4, 0.5) is 36.7 Å². The number of carbonyl (C=O) groups is 2. The van der Waals surface area contributed by atoms with Gasteiger partial charge in [-0.15, -0.1) is 0 Å². The smallest absolute Gasteiger partial charge is 0.477 e. The van der Waals surface area contributed by atoms with Gasteiger partial charge in [-0.1, -0.05) is 6.07 Å². The number of fused-ring (bicyclic) bond motifs is 1. The fourth-order valence-corrected chi connectivity index (χ4v) is 2.91. The van der Waals surface area contributed by atoms with Crippen molar-refractivity contribution in [3.8, 4) is 5.88 Å². The maximum absolute atomic E-state index is 13.1. The number of pyridine rings is 1.